The predicted octanol–water partition coefficient (Wildman–Crippen LogP) is 1.34. The molecular formula is C13H23NO3. The summed E-state index contributed by atoms with van der Waals surface area (Å²) in [7, 11) is 0. The zero-order valence-corrected chi connectivity index (χ0v) is 11.0. The molecule has 2 rings (SSSR count). The Kier molecular flexibility index (Phi) is 3.73. The number of carbonyl (C=O) groups excluding carboxylic acids is 1. The summed E-state index contributed by atoms with van der Waals surface area (Å²) in [6.07, 6.45) is 2.41. The number of rotatable bonds is 3. The van der Waals surface area contributed by atoms with Crippen LogP contribution in [0.25, 0.3) is 0 Å². The minimum atomic E-state index is -0.345. The molecule has 1 heterocycles. The van der Waals surface area contributed by atoms with Crippen LogP contribution in [0, 0.1) is 11.3 Å². The highest BCUT2D eigenvalue weighted by atomic mass is 16.6. The van der Waals surface area contributed by atoms with Gasteiger partial charge in [-0.25, -0.2) is 0 Å². The summed E-state index contributed by atoms with van der Waals surface area (Å²) in [6, 6.07) is 0.127. The highest BCUT2D eigenvalue weighted by molar-refractivity contribution is 5.81. The van der Waals surface area contributed by atoms with E-state index in [4.69, 9.17) is 9.47 Å². The van der Waals surface area contributed by atoms with E-state index in [1.807, 2.05) is 20.8 Å². The Bertz CT molecular complexity index is 275. The molecule has 0 aromatic carbocycles. The second-order valence-corrected chi connectivity index (χ2v) is 6.07. The SMILES string of the molecule is CC(C)(C)C(=O)NC(C1CC1)C1COCCO1. The number of ether oxygens (including phenoxy) is 2. The number of amides is 1. The van der Waals surface area contributed by atoms with Crippen LogP contribution in [0.15, 0.2) is 0 Å². The molecule has 17 heavy (non-hydrogen) atoms. The van der Waals surface area contributed by atoms with Gasteiger partial charge in [0.1, 0.15) is 6.10 Å². The lowest BCUT2D eigenvalue weighted by Gasteiger charge is -2.33. The van der Waals surface area contributed by atoms with Crippen molar-refractivity contribution in [3.8, 4) is 0 Å². The first-order chi connectivity index (χ1) is 7.98. The lowest BCUT2D eigenvalue weighted by molar-refractivity contribution is -0.135. The third kappa shape index (κ3) is 3.42. The van der Waals surface area contributed by atoms with Gasteiger partial charge in [-0.3, -0.25) is 4.79 Å². The third-order valence-corrected chi connectivity index (χ3v) is 3.35. The normalized spacial score (nSPS) is 27.6. The van der Waals surface area contributed by atoms with Crippen molar-refractivity contribution in [2.75, 3.05) is 19.8 Å². The maximum atomic E-state index is 12.0. The molecule has 98 valence electrons. The molecule has 0 radical (unpaired) electrons. The van der Waals surface area contributed by atoms with Crippen LogP contribution in [-0.4, -0.2) is 37.9 Å². The molecule has 2 aliphatic rings. The number of nitrogens with one attached hydrogen (secondary N) is 1. The highest BCUT2D eigenvalue weighted by Gasteiger charge is 2.40. The average molecular weight is 241 g/mol. The maximum absolute atomic E-state index is 12.0. The Balaban J connectivity index is 1.95. The quantitative estimate of drug-likeness (QED) is 0.811. The molecule has 2 fully saturated rings. The van der Waals surface area contributed by atoms with Gasteiger partial charge in [0, 0.05) is 5.41 Å². The predicted molar refractivity (Wildman–Crippen MR) is 64.7 cm³/mol. The highest BCUT2D eigenvalue weighted by Crippen LogP contribution is 2.35. The molecule has 0 aromatic heterocycles. The zero-order chi connectivity index (χ0) is 12.5. The van der Waals surface area contributed by atoms with E-state index in [1.54, 1.807) is 0 Å². The summed E-state index contributed by atoms with van der Waals surface area (Å²) < 4.78 is 11.1. The molecule has 1 saturated carbocycles. The summed E-state index contributed by atoms with van der Waals surface area (Å²) in [5.41, 5.74) is -0.345. The molecule has 2 unspecified atom stereocenters. The summed E-state index contributed by atoms with van der Waals surface area (Å²) >= 11 is 0. The van der Waals surface area contributed by atoms with Crippen molar-refractivity contribution in [3.63, 3.8) is 0 Å². The van der Waals surface area contributed by atoms with Gasteiger partial charge in [0.2, 0.25) is 5.91 Å². The molecule has 0 aromatic rings. The lowest BCUT2D eigenvalue weighted by atomic mass is 9.94. The van der Waals surface area contributed by atoms with E-state index in [2.05, 4.69) is 5.32 Å². The van der Waals surface area contributed by atoms with Crippen molar-refractivity contribution in [1.29, 1.82) is 0 Å². The van der Waals surface area contributed by atoms with Crippen LogP contribution in [0.2, 0.25) is 0 Å². The van der Waals surface area contributed by atoms with Crippen molar-refractivity contribution in [3.05, 3.63) is 0 Å². The smallest absolute Gasteiger partial charge is 0.225 e. The first kappa shape index (κ1) is 12.8. The van der Waals surface area contributed by atoms with Crippen LogP contribution < -0.4 is 5.32 Å². The Morgan fingerprint density at radius 3 is 2.47 bits per heavy atom. The van der Waals surface area contributed by atoms with Gasteiger partial charge in [-0.2, -0.15) is 0 Å². The van der Waals surface area contributed by atoms with Gasteiger partial charge in [0.05, 0.1) is 25.9 Å². The van der Waals surface area contributed by atoms with E-state index in [0.29, 0.717) is 25.7 Å². The van der Waals surface area contributed by atoms with Gasteiger partial charge in [0.15, 0.2) is 0 Å². The fourth-order valence-corrected chi connectivity index (χ4v) is 2.05. The number of hydrogen-bond donors (Lipinski definition) is 1. The first-order valence-corrected chi connectivity index (χ1v) is 6.49. The summed E-state index contributed by atoms with van der Waals surface area (Å²) in [4.78, 5) is 12.0. The van der Waals surface area contributed by atoms with E-state index >= 15 is 0 Å². The summed E-state index contributed by atoms with van der Waals surface area (Å²) in [5, 5.41) is 3.14. The van der Waals surface area contributed by atoms with Gasteiger partial charge < -0.3 is 14.8 Å². The molecule has 1 aliphatic carbocycles. The molecule has 2 atom stereocenters. The Morgan fingerprint density at radius 2 is 2.00 bits per heavy atom. The Labute approximate surface area is 103 Å². The molecule has 1 N–H and O–H groups in total. The fraction of sp³-hybridized carbons (Fsp3) is 0.923. The molecule has 1 amide bonds. The first-order valence-electron chi connectivity index (χ1n) is 6.49. The molecule has 1 saturated heterocycles. The second kappa shape index (κ2) is 4.94. The Hall–Kier alpha value is -0.610. The molecule has 1 aliphatic heterocycles. The largest absolute Gasteiger partial charge is 0.376 e. The second-order valence-electron chi connectivity index (χ2n) is 6.07. The molecule has 4 heteroatoms. The lowest BCUT2D eigenvalue weighted by Crippen LogP contribution is -2.52. The standard InChI is InChI=1S/C13H23NO3/c1-13(2,3)12(15)14-11(9-4-5-9)10-8-16-6-7-17-10/h9-11H,4-8H2,1-3H3,(H,14,15). The van der Waals surface area contributed by atoms with E-state index in [-0.39, 0.29) is 23.5 Å². The van der Waals surface area contributed by atoms with E-state index in [1.165, 1.54) is 12.8 Å². The van der Waals surface area contributed by atoms with E-state index < -0.39 is 0 Å². The molecule has 0 spiro atoms. The summed E-state index contributed by atoms with van der Waals surface area (Å²) in [5.74, 6) is 0.677. The van der Waals surface area contributed by atoms with Crippen LogP contribution in [-0.2, 0) is 14.3 Å². The van der Waals surface area contributed by atoms with E-state index in [9.17, 15) is 4.79 Å². The van der Waals surface area contributed by atoms with Gasteiger partial charge in [-0.05, 0) is 18.8 Å². The van der Waals surface area contributed by atoms with Crippen LogP contribution in [0.1, 0.15) is 33.6 Å². The van der Waals surface area contributed by atoms with Crippen LogP contribution in [0.4, 0.5) is 0 Å². The van der Waals surface area contributed by atoms with Crippen molar-refractivity contribution < 1.29 is 14.3 Å². The van der Waals surface area contributed by atoms with Gasteiger partial charge >= 0.3 is 0 Å². The zero-order valence-electron chi connectivity index (χ0n) is 11.0. The minimum absolute atomic E-state index is 0.0301. The van der Waals surface area contributed by atoms with Gasteiger partial charge in [-0.1, -0.05) is 20.8 Å². The van der Waals surface area contributed by atoms with Crippen LogP contribution >= 0.6 is 0 Å². The minimum Gasteiger partial charge on any atom is -0.376 e. The third-order valence-electron chi connectivity index (χ3n) is 3.35. The van der Waals surface area contributed by atoms with Crippen molar-refractivity contribution in [2.45, 2.75) is 45.8 Å². The maximum Gasteiger partial charge on any atom is 0.225 e. The van der Waals surface area contributed by atoms with Crippen molar-refractivity contribution in [2.24, 2.45) is 11.3 Å². The number of hydrogen-bond acceptors (Lipinski definition) is 3. The monoisotopic (exact) mass is 241 g/mol. The van der Waals surface area contributed by atoms with Crippen LogP contribution in [0.5, 0.6) is 0 Å². The molecule has 0 bridgehead atoms. The average Bonchev–Trinajstić information content (AvgIpc) is 3.09. The number of carbonyl (C=O) groups is 1. The van der Waals surface area contributed by atoms with Crippen molar-refractivity contribution >= 4 is 5.91 Å². The Morgan fingerprint density at radius 1 is 1.29 bits per heavy atom. The molecule has 4 nitrogen and oxygen atoms in total. The topological polar surface area (TPSA) is 47.6 Å². The van der Waals surface area contributed by atoms with Crippen molar-refractivity contribution in [1.82, 2.24) is 5.32 Å². The van der Waals surface area contributed by atoms with Gasteiger partial charge in [-0.15, -0.1) is 0 Å². The summed E-state index contributed by atoms with van der Waals surface area (Å²) in [6.45, 7) is 7.71. The fourth-order valence-electron chi connectivity index (χ4n) is 2.05. The van der Waals surface area contributed by atoms with E-state index in [0.717, 1.165) is 0 Å². The molecular weight excluding hydrogens is 218 g/mol. The van der Waals surface area contributed by atoms with Crippen LogP contribution in [0.3, 0.4) is 0 Å². The van der Waals surface area contributed by atoms with Gasteiger partial charge in [0.25, 0.3) is 0 Å².